The summed E-state index contributed by atoms with van der Waals surface area (Å²) in [4.78, 5) is 27.7. The first-order valence-electron chi connectivity index (χ1n) is 9.22. The monoisotopic (exact) mass is 478 g/mol. The number of nitrogens with zero attached hydrogens (tertiary/aromatic N) is 1. The van der Waals surface area contributed by atoms with Crippen molar-refractivity contribution in [3.05, 3.63) is 51.3 Å². The van der Waals surface area contributed by atoms with Crippen LogP contribution in [0.4, 0.5) is 5.69 Å². The highest BCUT2D eigenvalue weighted by Crippen LogP contribution is 2.58. The lowest BCUT2D eigenvalue weighted by atomic mass is 9.62. The van der Waals surface area contributed by atoms with Crippen LogP contribution < -0.4 is 5.32 Å². The minimum Gasteiger partial charge on any atom is -0.466 e. The van der Waals surface area contributed by atoms with Crippen molar-refractivity contribution in [2.24, 2.45) is 5.92 Å². The van der Waals surface area contributed by atoms with Gasteiger partial charge in [-0.25, -0.2) is 4.79 Å². The molecule has 0 saturated carbocycles. The standard InChI is InChI=1S/C21H23IN2O3/c1-13(25)14-12-15(20(26)27-2)18-21(16-6-3-4-7-17(16)23-18)8-11-24(19(14)21)10-5-9-22/h3-7,9,14,19,23H,8,10-12H2,1-2H3/b9-5-/t14-,19-,21-/m0/s1. The van der Waals surface area contributed by atoms with Crippen molar-refractivity contribution in [1.29, 1.82) is 0 Å². The van der Waals surface area contributed by atoms with E-state index in [0.717, 1.165) is 30.9 Å². The van der Waals surface area contributed by atoms with Gasteiger partial charge in [0.2, 0.25) is 0 Å². The number of fused-ring (bicyclic) bond motifs is 1. The molecule has 1 spiro atoms. The van der Waals surface area contributed by atoms with Gasteiger partial charge < -0.3 is 10.1 Å². The van der Waals surface area contributed by atoms with Crippen molar-refractivity contribution < 1.29 is 14.3 Å². The van der Waals surface area contributed by atoms with Crippen molar-refractivity contribution in [3.8, 4) is 0 Å². The molecule has 2 heterocycles. The van der Waals surface area contributed by atoms with E-state index in [1.54, 1.807) is 6.92 Å². The Bertz CT molecular complexity index is 863. The summed E-state index contributed by atoms with van der Waals surface area (Å²) in [5.74, 6) is -0.421. The van der Waals surface area contributed by atoms with E-state index < -0.39 is 0 Å². The van der Waals surface area contributed by atoms with Gasteiger partial charge in [0, 0.05) is 36.4 Å². The topological polar surface area (TPSA) is 58.6 Å². The second-order valence-corrected chi connectivity index (χ2v) is 8.18. The molecule has 1 fully saturated rings. The quantitative estimate of drug-likeness (QED) is 0.531. The van der Waals surface area contributed by atoms with Gasteiger partial charge in [0.1, 0.15) is 5.78 Å². The predicted molar refractivity (Wildman–Crippen MR) is 113 cm³/mol. The van der Waals surface area contributed by atoms with Crippen LogP contribution in [0.15, 0.2) is 45.7 Å². The number of benzene rings is 1. The molecule has 6 heteroatoms. The number of likely N-dealkylation sites (tertiary alicyclic amines) is 1. The minimum atomic E-state index is -0.353. The lowest BCUT2D eigenvalue weighted by Crippen LogP contribution is -2.53. The number of nitrogens with one attached hydrogen (secondary N) is 1. The van der Waals surface area contributed by atoms with Gasteiger partial charge in [-0.2, -0.15) is 0 Å². The normalized spacial score (nSPS) is 29.3. The van der Waals surface area contributed by atoms with Crippen LogP contribution in [-0.4, -0.2) is 42.9 Å². The van der Waals surface area contributed by atoms with Crippen LogP contribution in [-0.2, 0) is 19.7 Å². The second kappa shape index (κ2) is 7.05. The molecule has 5 nitrogen and oxygen atoms in total. The molecule has 0 radical (unpaired) electrons. The van der Waals surface area contributed by atoms with Crippen molar-refractivity contribution in [1.82, 2.24) is 4.90 Å². The maximum Gasteiger partial charge on any atom is 0.335 e. The fourth-order valence-corrected chi connectivity index (χ4v) is 5.51. The third-order valence-electron chi connectivity index (χ3n) is 6.30. The Labute approximate surface area is 173 Å². The van der Waals surface area contributed by atoms with Crippen LogP contribution in [0.1, 0.15) is 25.3 Å². The molecular formula is C21H23IN2O3. The number of methoxy groups -OCH3 is 1. The van der Waals surface area contributed by atoms with Crippen LogP contribution in [0.2, 0.25) is 0 Å². The van der Waals surface area contributed by atoms with E-state index in [1.807, 2.05) is 16.2 Å². The van der Waals surface area contributed by atoms with E-state index in [-0.39, 0.29) is 29.1 Å². The molecule has 3 atom stereocenters. The van der Waals surface area contributed by atoms with Crippen LogP contribution in [0.5, 0.6) is 0 Å². The number of carbonyl (C=O) groups excluding carboxylic acids is 2. The zero-order chi connectivity index (χ0) is 19.2. The summed E-state index contributed by atoms with van der Waals surface area (Å²) in [6, 6.07) is 8.27. The zero-order valence-electron chi connectivity index (χ0n) is 15.5. The summed E-state index contributed by atoms with van der Waals surface area (Å²) >= 11 is 2.23. The number of para-hydroxylation sites is 1. The average Bonchev–Trinajstić information content (AvgIpc) is 3.22. The average molecular weight is 478 g/mol. The number of ether oxygens (including phenoxy) is 1. The number of rotatable bonds is 4. The molecule has 27 heavy (non-hydrogen) atoms. The SMILES string of the molecule is COC(=O)C1=C2Nc3ccccc3[C@@]23CCN(C/C=C\I)[C@H]3[C@H](C(C)=O)C1. The van der Waals surface area contributed by atoms with Crippen LogP contribution in [0.3, 0.4) is 0 Å². The van der Waals surface area contributed by atoms with Gasteiger partial charge >= 0.3 is 5.97 Å². The molecule has 0 aromatic heterocycles. The number of ketones is 1. The van der Waals surface area contributed by atoms with Crippen molar-refractivity contribution in [3.63, 3.8) is 0 Å². The molecule has 0 unspecified atom stereocenters. The van der Waals surface area contributed by atoms with Gasteiger partial charge in [-0.15, -0.1) is 0 Å². The number of halogens is 1. The first kappa shape index (κ1) is 18.7. The number of hydrogen-bond donors (Lipinski definition) is 1. The molecule has 142 valence electrons. The Hall–Kier alpha value is -1.67. The number of Topliss-reactive ketones (excluding diaryl/α,β-unsaturated/α-hetero) is 1. The van der Waals surface area contributed by atoms with Crippen molar-refractivity contribution in [2.75, 3.05) is 25.5 Å². The van der Waals surface area contributed by atoms with Gasteiger partial charge in [-0.1, -0.05) is 46.9 Å². The number of hydrogen-bond acceptors (Lipinski definition) is 5. The molecular weight excluding hydrogens is 455 g/mol. The van der Waals surface area contributed by atoms with E-state index >= 15 is 0 Å². The minimum absolute atomic E-state index is 0.0437. The first-order valence-corrected chi connectivity index (χ1v) is 10.5. The Morgan fingerprint density at radius 1 is 1.41 bits per heavy atom. The summed E-state index contributed by atoms with van der Waals surface area (Å²) in [6.07, 6.45) is 3.44. The molecule has 2 aliphatic heterocycles. The van der Waals surface area contributed by atoms with Gasteiger partial charge in [0.15, 0.2) is 0 Å². The van der Waals surface area contributed by atoms with E-state index in [1.165, 1.54) is 12.7 Å². The highest BCUT2D eigenvalue weighted by molar-refractivity contribution is 14.1. The third-order valence-corrected chi connectivity index (χ3v) is 6.80. The lowest BCUT2D eigenvalue weighted by Gasteiger charge is -2.44. The second-order valence-electron chi connectivity index (χ2n) is 7.46. The molecule has 4 rings (SSSR count). The number of anilines is 1. The number of carbonyl (C=O) groups is 2. The smallest absolute Gasteiger partial charge is 0.335 e. The predicted octanol–water partition coefficient (Wildman–Crippen LogP) is 3.41. The van der Waals surface area contributed by atoms with E-state index in [0.29, 0.717) is 12.0 Å². The van der Waals surface area contributed by atoms with Gasteiger partial charge in [0.05, 0.1) is 18.1 Å². The molecule has 1 aliphatic carbocycles. The first-order chi connectivity index (χ1) is 13.0. The lowest BCUT2D eigenvalue weighted by molar-refractivity contribution is -0.137. The van der Waals surface area contributed by atoms with Crippen LogP contribution in [0, 0.1) is 5.92 Å². The van der Waals surface area contributed by atoms with Crippen molar-refractivity contribution in [2.45, 2.75) is 31.2 Å². The highest BCUT2D eigenvalue weighted by Gasteiger charge is 2.61. The van der Waals surface area contributed by atoms with Crippen LogP contribution >= 0.6 is 22.6 Å². The van der Waals surface area contributed by atoms with Gasteiger partial charge in [-0.05, 0) is 35.5 Å². The summed E-state index contributed by atoms with van der Waals surface area (Å²) in [6.45, 7) is 3.35. The highest BCUT2D eigenvalue weighted by atomic mass is 127. The largest absolute Gasteiger partial charge is 0.466 e. The maximum absolute atomic E-state index is 12.7. The van der Waals surface area contributed by atoms with E-state index in [9.17, 15) is 9.59 Å². The zero-order valence-corrected chi connectivity index (χ0v) is 17.7. The maximum atomic E-state index is 12.7. The van der Waals surface area contributed by atoms with Crippen molar-refractivity contribution >= 4 is 40.0 Å². The molecule has 1 aromatic carbocycles. The molecule has 0 amide bonds. The molecule has 3 aliphatic rings. The Morgan fingerprint density at radius 3 is 2.89 bits per heavy atom. The molecule has 1 saturated heterocycles. The summed E-state index contributed by atoms with van der Waals surface area (Å²) < 4.78 is 7.11. The summed E-state index contributed by atoms with van der Waals surface area (Å²) in [5.41, 5.74) is 3.44. The Kier molecular flexibility index (Phi) is 4.88. The van der Waals surface area contributed by atoms with E-state index in [2.05, 4.69) is 51.0 Å². The van der Waals surface area contributed by atoms with E-state index in [4.69, 9.17) is 4.74 Å². The van der Waals surface area contributed by atoms with Crippen LogP contribution in [0.25, 0.3) is 0 Å². The van der Waals surface area contributed by atoms with Gasteiger partial charge in [-0.3, -0.25) is 9.69 Å². The summed E-state index contributed by atoms with van der Waals surface area (Å²) in [7, 11) is 1.41. The Morgan fingerprint density at radius 2 is 2.19 bits per heavy atom. The molecule has 0 bridgehead atoms. The van der Waals surface area contributed by atoms with Gasteiger partial charge in [0.25, 0.3) is 0 Å². The summed E-state index contributed by atoms with van der Waals surface area (Å²) in [5, 5.41) is 3.52. The third kappa shape index (κ3) is 2.68. The number of esters is 1. The molecule has 1 N–H and O–H groups in total. The fraction of sp³-hybridized carbons (Fsp3) is 0.429. The Balaban J connectivity index is 1.95. The fourth-order valence-electron chi connectivity index (χ4n) is 5.28. The molecule has 1 aromatic rings.